The summed E-state index contributed by atoms with van der Waals surface area (Å²) in [7, 11) is 0. The van der Waals surface area contributed by atoms with Crippen molar-refractivity contribution in [1.29, 1.82) is 0 Å². The highest BCUT2D eigenvalue weighted by atomic mass is 32.1. The van der Waals surface area contributed by atoms with Crippen LogP contribution < -0.4 is 10.6 Å². The van der Waals surface area contributed by atoms with E-state index >= 15 is 0 Å². The molecule has 0 unspecified atom stereocenters. The highest BCUT2D eigenvalue weighted by Crippen LogP contribution is 2.26. The van der Waals surface area contributed by atoms with Gasteiger partial charge in [0.15, 0.2) is 0 Å². The van der Waals surface area contributed by atoms with Crippen molar-refractivity contribution in [2.45, 2.75) is 13.3 Å². The molecule has 2 heterocycles. The molecule has 110 valence electrons. The second-order valence-electron chi connectivity index (χ2n) is 3.96. The smallest absolute Gasteiger partial charge is 0.261 e. The second-order valence-corrected chi connectivity index (χ2v) is 4.85. The molecule has 8 heteroatoms. The van der Waals surface area contributed by atoms with Gasteiger partial charge in [-0.15, -0.1) is 11.3 Å². The average molecular weight is 302 g/mol. The quantitative estimate of drug-likeness (QED) is 0.734. The highest BCUT2D eigenvalue weighted by Gasteiger charge is 2.08. The number of anilines is 2. The summed E-state index contributed by atoms with van der Waals surface area (Å²) in [6, 6.07) is 1.93. The molecule has 2 N–H and O–H groups in total. The Kier molecular flexibility index (Phi) is 5.42. The van der Waals surface area contributed by atoms with E-state index in [-0.39, 0.29) is 6.61 Å². The van der Waals surface area contributed by atoms with Crippen molar-refractivity contribution in [2.24, 2.45) is 0 Å². The van der Waals surface area contributed by atoms with E-state index in [0.29, 0.717) is 18.3 Å². The molecule has 0 saturated carbocycles. The van der Waals surface area contributed by atoms with Crippen LogP contribution in [-0.4, -0.2) is 42.7 Å². The van der Waals surface area contributed by atoms with Crippen molar-refractivity contribution in [2.75, 3.05) is 36.9 Å². The average Bonchev–Trinajstić information content (AvgIpc) is 2.86. The normalized spacial score (nSPS) is 11.2. The van der Waals surface area contributed by atoms with E-state index in [1.54, 1.807) is 0 Å². The first-order chi connectivity index (χ1) is 9.70. The second kappa shape index (κ2) is 7.30. The lowest BCUT2D eigenvalue weighted by Gasteiger charge is -2.09. The van der Waals surface area contributed by atoms with Gasteiger partial charge in [-0.25, -0.2) is 13.8 Å². The van der Waals surface area contributed by atoms with Crippen molar-refractivity contribution in [1.82, 2.24) is 9.97 Å². The van der Waals surface area contributed by atoms with Gasteiger partial charge in [0.05, 0.1) is 12.0 Å². The minimum atomic E-state index is -2.43. The molecule has 2 aromatic heterocycles. The molecule has 0 fully saturated rings. The maximum atomic E-state index is 11.9. The lowest BCUT2D eigenvalue weighted by molar-refractivity contribution is 0.0215. The summed E-state index contributed by atoms with van der Waals surface area (Å²) in [5.41, 5.74) is 0. The lowest BCUT2D eigenvalue weighted by atomic mass is 10.4. The number of rotatable bonds is 8. The number of fused-ring (bicyclic) bond motifs is 1. The Morgan fingerprint density at radius 3 is 2.95 bits per heavy atom. The van der Waals surface area contributed by atoms with E-state index in [2.05, 4.69) is 20.6 Å². The molecule has 0 radical (unpaired) electrons. The van der Waals surface area contributed by atoms with Gasteiger partial charge in [0.2, 0.25) is 5.95 Å². The van der Waals surface area contributed by atoms with Crippen LogP contribution in [-0.2, 0) is 4.74 Å². The molecule has 20 heavy (non-hydrogen) atoms. The van der Waals surface area contributed by atoms with E-state index < -0.39 is 13.0 Å². The highest BCUT2D eigenvalue weighted by molar-refractivity contribution is 7.16. The number of nitrogens with one attached hydrogen (secondary N) is 2. The van der Waals surface area contributed by atoms with E-state index in [0.717, 1.165) is 16.8 Å². The number of halogens is 2. The Labute approximate surface area is 119 Å². The number of hydrogen-bond donors (Lipinski definition) is 2. The van der Waals surface area contributed by atoms with Gasteiger partial charge in [0, 0.05) is 13.1 Å². The van der Waals surface area contributed by atoms with Crippen LogP contribution in [0.5, 0.6) is 0 Å². The van der Waals surface area contributed by atoms with Crippen LogP contribution in [0, 0.1) is 0 Å². The topological polar surface area (TPSA) is 59.1 Å². The van der Waals surface area contributed by atoms with Gasteiger partial charge in [-0.3, -0.25) is 0 Å². The van der Waals surface area contributed by atoms with E-state index in [4.69, 9.17) is 4.74 Å². The minimum absolute atomic E-state index is 0.205. The largest absolute Gasteiger partial charge is 0.374 e. The molecular formula is C12H16F2N4OS. The fourth-order valence-electron chi connectivity index (χ4n) is 1.64. The van der Waals surface area contributed by atoms with Crippen molar-refractivity contribution < 1.29 is 13.5 Å². The predicted molar refractivity (Wildman–Crippen MR) is 76.9 cm³/mol. The maximum Gasteiger partial charge on any atom is 0.261 e. The Balaban J connectivity index is 1.98. The minimum Gasteiger partial charge on any atom is -0.374 e. The first-order valence-corrected chi connectivity index (χ1v) is 7.17. The predicted octanol–water partition coefficient (Wildman–Crippen LogP) is 2.82. The van der Waals surface area contributed by atoms with Gasteiger partial charge in [-0.2, -0.15) is 4.98 Å². The molecule has 2 aromatic rings. The fraction of sp³-hybridized carbons (Fsp3) is 0.500. The SMILES string of the molecule is CCNc1nc(NCCOCC(F)F)c2ccsc2n1. The molecule has 0 spiro atoms. The standard InChI is InChI=1S/C12H16F2N4OS/c1-2-15-12-17-10(8-3-6-20-11(8)18-12)16-4-5-19-7-9(13)14/h3,6,9H,2,4-5,7H2,1H3,(H2,15,16,17,18). The van der Waals surface area contributed by atoms with Gasteiger partial charge < -0.3 is 15.4 Å². The molecular weight excluding hydrogens is 286 g/mol. The van der Waals surface area contributed by atoms with Gasteiger partial charge in [-0.1, -0.05) is 0 Å². The Hall–Kier alpha value is -1.54. The number of thiophene rings is 1. The van der Waals surface area contributed by atoms with Crippen molar-refractivity contribution in [3.05, 3.63) is 11.4 Å². The van der Waals surface area contributed by atoms with Crippen LogP contribution in [0.4, 0.5) is 20.5 Å². The van der Waals surface area contributed by atoms with Crippen molar-refractivity contribution in [3.8, 4) is 0 Å². The zero-order valence-electron chi connectivity index (χ0n) is 11.0. The summed E-state index contributed by atoms with van der Waals surface area (Å²) >= 11 is 1.53. The Bertz CT molecular complexity index is 549. The maximum absolute atomic E-state index is 11.9. The Morgan fingerprint density at radius 2 is 2.20 bits per heavy atom. The molecule has 0 bridgehead atoms. The van der Waals surface area contributed by atoms with E-state index in [1.165, 1.54) is 11.3 Å². The molecule has 0 aliphatic rings. The fourth-order valence-corrected chi connectivity index (χ4v) is 2.41. The van der Waals surface area contributed by atoms with Gasteiger partial charge in [0.25, 0.3) is 6.43 Å². The molecule has 0 saturated heterocycles. The molecule has 0 aliphatic heterocycles. The van der Waals surface area contributed by atoms with E-state index in [1.807, 2.05) is 18.4 Å². The van der Waals surface area contributed by atoms with Gasteiger partial charge >= 0.3 is 0 Å². The van der Waals surface area contributed by atoms with E-state index in [9.17, 15) is 8.78 Å². The molecule has 5 nitrogen and oxygen atoms in total. The van der Waals surface area contributed by atoms with Crippen LogP contribution >= 0.6 is 11.3 Å². The third kappa shape index (κ3) is 3.97. The van der Waals surface area contributed by atoms with Gasteiger partial charge in [-0.05, 0) is 18.4 Å². The zero-order chi connectivity index (χ0) is 14.4. The molecule has 0 atom stereocenters. The number of hydrogen-bond acceptors (Lipinski definition) is 6. The Morgan fingerprint density at radius 1 is 1.35 bits per heavy atom. The number of nitrogens with zero attached hydrogens (tertiary/aromatic N) is 2. The summed E-state index contributed by atoms with van der Waals surface area (Å²) in [4.78, 5) is 9.63. The third-order valence-electron chi connectivity index (χ3n) is 2.44. The zero-order valence-corrected chi connectivity index (χ0v) is 11.8. The molecule has 0 amide bonds. The summed E-state index contributed by atoms with van der Waals surface area (Å²) < 4.78 is 28.7. The van der Waals surface area contributed by atoms with Crippen LogP contribution in [0.15, 0.2) is 11.4 Å². The monoisotopic (exact) mass is 302 g/mol. The first kappa shape index (κ1) is 14.9. The summed E-state index contributed by atoms with van der Waals surface area (Å²) in [5.74, 6) is 1.24. The van der Waals surface area contributed by atoms with Gasteiger partial charge in [0.1, 0.15) is 17.3 Å². The van der Waals surface area contributed by atoms with Crippen LogP contribution in [0.2, 0.25) is 0 Å². The third-order valence-corrected chi connectivity index (χ3v) is 3.25. The van der Waals surface area contributed by atoms with Crippen LogP contribution in [0.25, 0.3) is 10.2 Å². The molecule has 2 rings (SSSR count). The summed E-state index contributed by atoms with van der Waals surface area (Å²) in [6.45, 7) is 2.78. The molecule has 0 aliphatic carbocycles. The van der Waals surface area contributed by atoms with Crippen molar-refractivity contribution in [3.63, 3.8) is 0 Å². The summed E-state index contributed by atoms with van der Waals surface area (Å²) in [6.07, 6.45) is -2.43. The summed E-state index contributed by atoms with van der Waals surface area (Å²) in [5, 5.41) is 9.01. The number of ether oxygens (including phenoxy) is 1. The van der Waals surface area contributed by atoms with Crippen LogP contribution in [0.3, 0.4) is 0 Å². The van der Waals surface area contributed by atoms with Crippen LogP contribution in [0.1, 0.15) is 6.92 Å². The van der Waals surface area contributed by atoms with Crippen molar-refractivity contribution >= 4 is 33.3 Å². The number of aromatic nitrogens is 2. The number of alkyl halides is 2. The first-order valence-electron chi connectivity index (χ1n) is 6.29. The molecule has 0 aromatic carbocycles. The lowest BCUT2D eigenvalue weighted by Crippen LogP contribution is -2.14.